The molecule has 2 aromatic rings. The maximum atomic E-state index is 13.7. The Morgan fingerprint density at radius 3 is 2.29 bits per heavy atom. The number of carbonyl (C=O) groups is 2. The lowest BCUT2D eigenvalue weighted by Gasteiger charge is -2.21. The van der Waals surface area contributed by atoms with Gasteiger partial charge in [0.25, 0.3) is 0 Å². The van der Waals surface area contributed by atoms with Gasteiger partial charge in [-0.25, -0.2) is 4.39 Å². The van der Waals surface area contributed by atoms with E-state index >= 15 is 0 Å². The largest absolute Gasteiger partial charge is 0.329 e. The Kier molecular flexibility index (Phi) is 6.17. The summed E-state index contributed by atoms with van der Waals surface area (Å²) >= 11 is 12.0. The van der Waals surface area contributed by atoms with Crippen molar-refractivity contribution in [3.63, 3.8) is 0 Å². The van der Waals surface area contributed by atoms with Gasteiger partial charge in [-0.1, -0.05) is 47.5 Å². The van der Waals surface area contributed by atoms with Crippen LogP contribution in [0.25, 0.3) is 0 Å². The van der Waals surface area contributed by atoms with E-state index in [1.165, 1.54) is 17.9 Å². The van der Waals surface area contributed by atoms with Crippen LogP contribution in [-0.2, 0) is 16.1 Å². The van der Waals surface area contributed by atoms with Crippen molar-refractivity contribution in [3.05, 3.63) is 63.9 Å². The first-order valence-electron chi connectivity index (χ1n) is 7.11. The maximum absolute atomic E-state index is 13.7. The van der Waals surface area contributed by atoms with Gasteiger partial charge >= 0.3 is 0 Å². The Morgan fingerprint density at radius 1 is 1.08 bits per heavy atom. The van der Waals surface area contributed by atoms with E-state index in [2.05, 4.69) is 5.32 Å². The molecule has 0 bridgehead atoms. The van der Waals surface area contributed by atoms with Crippen molar-refractivity contribution in [1.82, 2.24) is 4.90 Å². The molecule has 4 nitrogen and oxygen atoms in total. The van der Waals surface area contributed by atoms with Crippen LogP contribution < -0.4 is 5.32 Å². The second kappa shape index (κ2) is 8.13. The minimum absolute atomic E-state index is 0.00825. The van der Waals surface area contributed by atoms with E-state index in [9.17, 15) is 14.0 Å². The molecule has 0 aromatic heterocycles. The van der Waals surface area contributed by atoms with E-state index in [1.54, 1.807) is 36.4 Å². The van der Waals surface area contributed by atoms with Crippen molar-refractivity contribution < 1.29 is 14.0 Å². The van der Waals surface area contributed by atoms with Gasteiger partial charge in [0.05, 0.1) is 15.7 Å². The molecule has 0 aliphatic heterocycles. The molecule has 2 rings (SSSR count). The fourth-order valence-corrected chi connectivity index (χ4v) is 2.57. The number of hydrogen-bond acceptors (Lipinski definition) is 2. The van der Waals surface area contributed by atoms with Gasteiger partial charge in [-0.15, -0.1) is 0 Å². The van der Waals surface area contributed by atoms with Crippen LogP contribution in [0.1, 0.15) is 12.5 Å². The zero-order chi connectivity index (χ0) is 17.7. The number of anilines is 1. The Labute approximate surface area is 149 Å². The van der Waals surface area contributed by atoms with Crippen LogP contribution in [0.5, 0.6) is 0 Å². The molecular formula is C17H15Cl2FN2O2. The van der Waals surface area contributed by atoms with Crippen LogP contribution >= 0.6 is 23.2 Å². The minimum atomic E-state index is -0.475. The van der Waals surface area contributed by atoms with E-state index in [0.29, 0.717) is 15.6 Å². The van der Waals surface area contributed by atoms with Gasteiger partial charge in [-0.05, 0) is 18.2 Å². The van der Waals surface area contributed by atoms with Crippen molar-refractivity contribution in [1.29, 1.82) is 0 Å². The van der Waals surface area contributed by atoms with E-state index < -0.39 is 11.7 Å². The van der Waals surface area contributed by atoms with Crippen molar-refractivity contribution in [2.24, 2.45) is 0 Å². The third kappa shape index (κ3) is 4.69. The average Bonchev–Trinajstić information content (AvgIpc) is 2.52. The number of para-hydroxylation sites is 1. The molecule has 0 heterocycles. The predicted molar refractivity (Wildman–Crippen MR) is 92.6 cm³/mol. The number of halogens is 3. The van der Waals surface area contributed by atoms with Crippen LogP contribution in [0.4, 0.5) is 10.1 Å². The number of benzene rings is 2. The molecule has 0 saturated heterocycles. The number of nitrogens with zero attached hydrogens (tertiary/aromatic N) is 1. The third-order valence-corrected chi connectivity index (χ3v) is 3.96. The quantitative estimate of drug-likeness (QED) is 0.862. The predicted octanol–water partition coefficient (Wildman–Crippen LogP) is 4.12. The van der Waals surface area contributed by atoms with E-state index in [4.69, 9.17) is 23.2 Å². The molecule has 1 N–H and O–H groups in total. The monoisotopic (exact) mass is 368 g/mol. The van der Waals surface area contributed by atoms with Gasteiger partial charge in [0, 0.05) is 19.0 Å². The van der Waals surface area contributed by atoms with E-state index in [0.717, 1.165) is 0 Å². The second-order valence-electron chi connectivity index (χ2n) is 5.11. The molecule has 0 unspecified atom stereocenters. The molecule has 0 fully saturated rings. The molecule has 0 atom stereocenters. The van der Waals surface area contributed by atoms with Crippen LogP contribution in [0.2, 0.25) is 10.0 Å². The Balaban J connectivity index is 2.09. The summed E-state index contributed by atoms with van der Waals surface area (Å²) in [6.07, 6.45) is 0. The third-order valence-electron chi connectivity index (χ3n) is 3.33. The molecule has 0 aliphatic carbocycles. The Bertz CT molecular complexity index is 748. The zero-order valence-corrected chi connectivity index (χ0v) is 14.4. The van der Waals surface area contributed by atoms with Crippen LogP contribution in [0.3, 0.4) is 0 Å². The summed E-state index contributed by atoms with van der Waals surface area (Å²) in [7, 11) is 0. The van der Waals surface area contributed by atoms with Crippen LogP contribution in [-0.4, -0.2) is 23.3 Å². The first kappa shape index (κ1) is 18.2. The van der Waals surface area contributed by atoms with E-state index in [1.807, 2.05) is 0 Å². The number of amides is 2. The van der Waals surface area contributed by atoms with Gasteiger partial charge in [-0.2, -0.15) is 0 Å². The van der Waals surface area contributed by atoms with Gasteiger partial charge in [0.15, 0.2) is 0 Å². The normalized spacial score (nSPS) is 10.3. The molecule has 0 radical (unpaired) electrons. The van der Waals surface area contributed by atoms with Crippen molar-refractivity contribution in [2.75, 3.05) is 11.9 Å². The highest BCUT2D eigenvalue weighted by molar-refractivity contribution is 6.39. The SMILES string of the molecule is CC(=O)N(CC(=O)Nc1c(Cl)cccc1Cl)Cc1ccccc1F. The lowest BCUT2D eigenvalue weighted by molar-refractivity contribution is -0.133. The summed E-state index contributed by atoms with van der Waals surface area (Å²) in [5, 5.41) is 3.16. The molecule has 2 amide bonds. The number of nitrogens with one attached hydrogen (secondary N) is 1. The van der Waals surface area contributed by atoms with Gasteiger partial charge in [0.1, 0.15) is 12.4 Å². The summed E-state index contributed by atoms with van der Waals surface area (Å²) < 4.78 is 13.7. The Morgan fingerprint density at radius 2 is 1.71 bits per heavy atom. The highest BCUT2D eigenvalue weighted by atomic mass is 35.5. The second-order valence-corrected chi connectivity index (χ2v) is 5.93. The fourth-order valence-electron chi connectivity index (χ4n) is 2.08. The molecule has 0 aliphatic rings. The highest BCUT2D eigenvalue weighted by Crippen LogP contribution is 2.29. The Hall–Kier alpha value is -2.11. The lowest BCUT2D eigenvalue weighted by Crippen LogP contribution is -2.36. The molecule has 2 aromatic carbocycles. The van der Waals surface area contributed by atoms with Gasteiger partial charge < -0.3 is 10.2 Å². The summed E-state index contributed by atoms with van der Waals surface area (Å²) in [4.78, 5) is 25.2. The van der Waals surface area contributed by atoms with Crippen molar-refractivity contribution in [3.8, 4) is 0 Å². The molecule has 24 heavy (non-hydrogen) atoms. The molecule has 7 heteroatoms. The number of hydrogen-bond donors (Lipinski definition) is 1. The topological polar surface area (TPSA) is 49.4 Å². The maximum Gasteiger partial charge on any atom is 0.244 e. The lowest BCUT2D eigenvalue weighted by atomic mass is 10.2. The summed E-state index contributed by atoms with van der Waals surface area (Å²) in [5.74, 6) is -1.26. The summed E-state index contributed by atoms with van der Waals surface area (Å²) in [5.41, 5.74) is 0.608. The molecule has 126 valence electrons. The molecule has 0 saturated carbocycles. The average molecular weight is 369 g/mol. The first-order valence-corrected chi connectivity index (χ1v) is 7.87. The van der Waals surface area contributed by atoms with Crippen molar-refractivity contribution >= 4 is 40.7 Å². The van der Waals surface area contributed by atoms with Crippen LogP contribution in [0, 0.1) is 5.82 Å². The smallest absolute Gasteiger partial charge is 0.244 e. The fraction of sp³-hybridized carbons (Fsp3) is 0.176. The van der Waals surface area contributed by atoms with Crippen LogP contribution in [0.15, 0.2) is 42.5 Å². The highest BCUT2D eigenvalue weighted by Gasteiger charge is 2.17. The summed E-state index contributed by atoms with van der Waals surface area (Å²) in [6, 6.07) is 10.9. The standard InChI is InChI=1S/C17H15Cl2FN2O2/c1-11(23)22(9-12-5-2-3-8-15(12)20)10-16(24)21-17-13(18)6-4-7-14(17)19/h2-8H,9-10H2,1H3,(H,21,24). The number of carbonyl (C=O) groups excluding carboxylic acids is 2. The summed E-state index contributed by atoms with van der Waals surface area (Å²) in [6.45, 7) is 1.06. The molecule has 0 spiro atoms. The first-order chi connectivity index (χ1) is 11.4. The van der Waals surface area contributed by atoms with Gasteiger partial charge in [-0.3, -0.25) is 9.59 Å². The minimum Gasteiger partial charge on any atom is -0.329 e. The zero-order valence-electron chi connectivity index (χ0n) is 12.9. The number of rotatable bonds is 5. The van der Waals surface area contributed by atoms with E-state index in [-0.39, 0.29) is 24.7 Å². The molecular weight excluding hydrogens is 354 g/mol. The van der Waals surface area contributed by atoms with Gasteiger partial charge in [0.2, 0.25) is 11.8 Å². The van der Waals surface area contributed by atoms with Crippen molar-refractivity contribution in [2.45, 2.75) is 13.5 Å².